The summed E-state index contributed by atoms with van der Waals surface area (Å²) >= 11 is 0. The highest BCUT2D eigenvalue weighted by Gasteiger charge is 2.62. The van der Waals surface area contributed by atoms with E-state index in [9.17, 15) is 0 Å². The first-order chi connectivity index (χ1) is 12.4. The zero-order valence-electron chi connectivity index (χ0n) is 17.9. The Morgan fingerprint density at radius 2 is 1.58 bits per heavy atom. The van der Waals surface area contributed by atoms with Gasteiger partial charge in [0.15, 0.2) is 0 Å². The van der Waals surface area contributed by atoms with Gasteiger partial charge in [0.25, 0.3) is 0 Å². The Morgan fingerprint density at radius 1 is 0.846 bits per heavy atom. The highest BCUT2D eigenvalue weighted by Crippen LogP contribution is 2.67. The maximum Gasteiger partial charge on any atom is 0.0921 e. The number of fused-ring (bicyclic) bond motifs is 5. The molecule has 0 radical (unpaired) electrons. The first-order valence-electron chi connectivity index (χ1n) is 12.0. The topological polar surface area (TPSA) is 12.5 Å². The Bertz CT molecular complexity index is 550. The van der Waals surface area contributed by atoms with Gasteiger partial charge in [-0.25, -0.2) is 0 Å². The molecule has 0 N–H and O–H groups in total. The Hall–Kier alpha value is -0.0400. The minimum absolute atomic E-state index is 0.239. The lowest BCUT2D eigenvalue weighted by Gasteiger charge is -2.63. The van der Waals surface area contributed by atoms with Crippen LogP contribution in [0, 0.1) is 46.3 Å². The summed E-state index contributed by atoms with van der Waals surface area (Å²) in [6.45, 7) is 11.3. The number of epoxide rings is 1. The molecule has 1 heteroatoms. The summed E-state index contributed by atoms with van der Waals surface area (Å²) in [6.07, 6.45) is 16.5. The Morgan fingerprint density at radius 3 is 2.31 bits per heavy atom. The van der Waals surface area contributed by atoms with Crippen LogP contribution in [0.1, 0.15) is 98.3 Å². The number of ether oxygens (including phenoxy) is 1. The van der Waals surface area contributed by atoms with Crippen molar-refractivity contribution >= 4 is 0 Å². The average Bonchev–Trinajstić information content (AvgIpc) is 3.37. The summed E-state index contributed by atoms with van der Waals surface area (Å²) in [6, 6.07) is 0. The van der Waals surface area contributed by atoms with E-state index in [2.05, 4.69) is 27.7 Å². The number of hydrogen-bond acceptors (Lipinski definition) is 1. The van der Waals surface area contributed by atoms with E-state index in [4.69, 9.17) is 4.74 Å². The molecule has 0 bridgehead atoms. The Kier molecular flexibility index (Phi) is 4.14. The van der Waals surface area contributed by atoms with E-state index >= 15 is 0 Å². The first kappa shape index (κ1) is 18.0. The normalized spacial score (nSPS) is 59.1. The van der Waals surface area contributed by atoms with E-state index in [0.717, 1.165) is 42.1 Å². The van der Waals surface area contributed by atoms with Crippen molar-refractivity contribution in [3.05, 3.63) is 0 Å². The lowest BCUT2D eigenvalue weighted by Crippen LogP contribution is -2.56. The summed E-state index contributed by atoms with van der Waals surface area (Å²) in [5, 5.41) is 0. The quantitative estimate of drug-likeness (QED) is 0.492. The van der Waals surface area contributed by atoms with Crippen molar-refractivity contribution in [3.8, 4) is 0 Å². The molecule has 0 aromatic rings. The van der Waals surface area contributed by atoms with Crippen LogP contribution in [-0.2, 0) is 4.74 Å². The molecular formula is C25H42O. The fraction of sp³-hybridized carbons (Fsp3) is 1.00. The van der Waals surface area contributed by atoms with Gasteiger partial charge in [0.05, 0.1) is 12.2 Å². The van der Waals surface area contributed by atoms with E-state index in [-0.39, 0.29) is 5.60 Å². The fourth-order valence-electron chi connectivity index (χ4n) is 9.29. The molecule has 0 spiro atoms. The molecule has 1 heterocycles. The lowest BCUT2D eigenvalue weighted by molar-refractivity contribution is -0.143. The van der Waals surface area contributed by atoms with E-state index in [1.165, 1.54) is 57.8 Å². The predicted octanol–water partition coefficient (Wildman–Crippen LogP) is 6.85. The second kappa shape index (κ2) is 5.98. The van der Waals surface area contributed by atoms with Crippen LogP contribution in [0.2, 0.25) is 0 Å². The Labute approximate surface area is 162 Å². The van der Waals surface area contributed by atoms with Crippen molar-refractivity contribution in [2.45, 2.75) is 104 Å². The van der Waals surface area contributed by atoms with Crippen molar-refractivity contribution in [1.82, 2.24) is 0 Å². The van der Waals surface area contributed by atoms with E-state index < -0.39 is 0 Å². The molecule has 26 heavy (non-hydrogen) atoms. The minimum Gasteiger partial charge on any atom is -0.370 e. The molecular weight excluding hydrogens is 316 g/mol. The fourth-order valence-corrected chi connectivity index (χ4v) is 9.29. The van der Waals surface area contributed by atoms with Crippen molar-refractivity contribution in [2.75, 3.05) is 6.61 Å². The maximum atomic E-state index is 6.01. The molecule has 1 nitrogen and oxygen atoms in total. The number of rotatable bonds is 2. The molecule has 1 saturated heterocycles. The summed E-state index contributed by atoms with van der Waals surface area (Å²) in [7, 11) is 0. The van der Waals surface area contributed by atoms with Gasteiger partial charge >= 0.3 is 0 Å². The molecule has 4 aliphatic carbocycles. The van der Waals surface area contributed by atoms with E-state index in [0.29, 0.717) is 10.8 Å². The smallest absolute Gasteiger partial charge is 0.0921 e. The molecule has 4 saturated carbocycles. The highest BCUT2D eigenvalue weighted by atomic mass is 16.6. The molecule has 0 aromatic heterocycles. The molecule has 5 rings (SSSR count). The van der Waals surface area contributed by atoms with Gasteiger partial charge in [0, 0.05) is 0 Å². The van der Waals surface area contributed by atoms with Crippen LogP contribution in [0.25, 0.3) is 0 Å². The van der Waals surface area contributed by atoms with Gasteiger partial charge in [0.1, 0.15) is 0 Å². The third-order valence-electron chi connectivity index (χ3n) is 10.7. The third kappa shape index (κ3) is 2.51. The van der Waals surface area contributed by atoms with E-state index in [1.54, 1.807) is 12.8 Å². The van der Waals surface area contributed by atoms with Gasteiger partial charge in [-0.1, -0.05) is 40.0 Å². The summed E-state index contributed by atoms with van der Waals surface area (Å²) in [5.74, 6) is 5.98. The standard InChI is InChI=1S/C25H42O/c1-5-17-9-10-20-18-12-14-24(3)21(19(18)11-13-23(20,2)15-17)7-6-8-22(24)25(4)16-26-25/h17-22H,5-16H2,1-4H3/t17?,18?,19?,20?,21?,22-,23?,24?,25?/m0/s1. The molecule has 148 valence electrons. The van der Waals surface area contributed by atoms with Crippen LogP contribution >= 0.6 is 0 Å². The molecule has 5 aliphatic rings. The minimum atomic E-state index is 0.239. The lowest BCUT2D eigenvalue weighted by atomic mass is 9.42. The zero-order chi connectivity index (χ0) is 18.2. The van der Waals surface area contributed by atoms with Gasteiger partial charge in [-0.15, -0.1) is 0 Å². The highest BCUT2D eigenvalue weighted by molar-refractivity contribution is 5.11. The molecule has 9 atom stereocenters. The zero-order valence-corrected chi connectivity index (χ0v) is 17.9. The van der Waals surface area contributed by atoms with Crippen LogP contribution < -0.4 is 0 Å². The first-order valence-corrected chi connectivity index (χ1v) is 12.0. The summed E-state index contributed by atoms with van der Waals surface area (Å²) in [4.78, 5) is 0. The second-order valence-electron chi connectivity index (χ2n) is 11.9. The van der Waals surface area contributed by atoms with Gasteiger partial charge in [-0.2, -0.15) is 0 Å². The second-order valence-corrected chi connectivity index (χ2v) is 11.9. The van der Waals surface area contributed by atoms with Gasteiger partial charge < -0.3 is 4.74 Å². The third-order valence-corrected chi connectivity index (χ3v) is 10.7. The van der Waals surface area contributed by atoms with Crippen LogP contribution in [-0.4, -0.2) is 12.2 Å². The van der Waals surface area contributed by atoms with Gasteiger partial charge in [0.2, 0.25) is 0 Å². The van der Waals surface area contributed by atoms with Gasteiger partial charge in [-0.3, -0.25) is 0 Å². The molecule has 8 unspecified atom stereocenters. The predicted molar refractivity (Wildman–Crippen MR) is 108 cm³/mol. The van der Waals surface area contributed by atoms with Crippen molar-refractivity contribution < 1.29 is 4.74 Å². The maximum absolute atomic E-state index is 6.01. The van der Waals surface area contributed by atoms with Crippen molar-refractivity contribution in [1.29, 1.82) is 0 Å². The summed E-state index contributed by atoms with van der Waals surface area (Å²) < 4.78 is 6.01. The summed E-state index contributed by atoms with van der Waals surface area (Å²) in [5.41, 5.74) is 1.48. The van der Waals surface area contributed by atoms with Crippen LogP contribution in [0.3, 0.4) is 0 Å². The van der Waals surface area contributed by atoms with Gasteiger partial charge in [-0.05, 0) is 105 Å². The molecule has 5 fully saturated rings. The van der Waals surface area contributed by atoms with Crippen molar-refractivity contribution in [3.63, 3.8) is 0 Å². The van der Waals surface area contributed by atoms with Crippen LogP contribution in [0.5, 0.6) is 0 Å². The number of hydrogen-bond donors (Lipinski definition) is 0. The SMILES string of the molecule is CCC1CCC2C3CCC4(C)C(CCC[C@@H]4C4(C)CO4)C3CCC2(C)C1. The Balaban J connectivity index is 1.40. The van der Waals surface area contributed by atoms with Crippen LogP contribution in [0.4, 0.5) is 0 Å². The monoisotopic (exact) mass is 358 g/mol. The van der Waals surface area contributed by atoms with Crippen LogP contribution in [0.15, 0.2) is 0 Å². The molecule has 0 amide bonds. The molecule has 0 aromatic carbocycles. The largest absolute Gasteiger partial charge is 0.370 e. The van der Waals surface area contributed by atoms with E-state index in [1.807, 2.05) is 0 Å². The molecule has 1 aliphatic heterocycles. The van der Waals surface area contributed by atoms with Crippen molar-refractivity contribution in [2.24, 2.45) is 46.3 Å². The average molecular weight is 359 g/mol.